The number of nitrogens with one attached hydrogen (secondary N) is 1. The number of anilines is 1. The highest BCUT2D eigenvalue weighted by Gasteiger charge is 2.21. The van der Waals surface area contributed by atoms with E-state index in [1.165, 1.54) is 4.57 Å². The Balaban J connectivity index is 2.05. The van der Waals surface area contributed by atoms with E-state index in [4.69, 9.17) is 4.74 Å². The zero-order chi connectivity index (χ0) is 21.4. The predicted octanol–water partition coefficient (Wildman–Crippen LogP) is 4.42. The summed E-state index contributed by atoms with van der Waals surface area (Å²) in [5.74, 6) is 0. The summed E-state index contributed by atoms with van der Waals surface area (Å²) in [6, 6.07) is 9.06. The van der Waals surface area contributed by atoms with Gasteiger partial charge in [0.25, 0.3) is 0 Å². The summed E-state index contributed by atoms with van der Waals surface area (Å²) in [6.07, 6.45) is 4.80. The molecule has 0 atom stereocenters. The summed E-state index contributed by atoms with van der Waals surface area (Å²) >= 11 is 0. The smallest absolute Gasteiger partial charge is 0.420 e. The molecule has 0 spiro atoms. The lowest BCUT2D eigenvalue weighted by Crippen LogP contribution is -2.26. The van der Waals surface area contributed by atoms with Gasteiger partial charge in [-0.25, -0.2) is 22.8 Å². The van der Waals surface area contributed by atoms with Crippen LogP contribution in [0.2, 0.25) is 0 Å². The maximum absolute atomic E-state index is 12.6. The molecule has 0 bridgehead atoms. The number of nitrogens with zero attached hydrogens (tertiary/aromatic N) is 2. The van der Waals surface area contributed by atoms with Gasteiger partial charge in [0.1, 0.15) is 11.2 Å². The number of carbonyl (C=O) groups is 1. The van der Waals surface area contributed by atoms with Gasteiger partial charge in [0.05, 0.1) is 6.26 Å². The number of benzene rings is 1. The predicted molar refractivity (Wildman–Crippen MR) is 115 cm³/mol. The molecular weight excluding hydrogens is 390 g/mol. The van der Waals surface area contributed by atoms with Crippen molar-refractivity contribution >= 4 is 32.8 Å². The normalized spacial score (nSPS) is 12.2. The molecule has 1 aromatic carbocycles. The van der Waals surface area contributed by atoms with Crippen LogP contribution in [0.5, 0.6) is 0 Å². The van der Waals surface area contributed by atoms with Crippen LogP contribution in [-0.2, 0) is 21.2 Å². The van der Waals surface area contributed by atoms with Crippen LogP contribution in [0.25, 0.3) is 22.2 Å². The number of aromatic nitrogens is 2. The lowest BCUT2D eigenvalue weighted by atomic mass is 10.0. The maximum atomic E-state index is 12.6. The number of carbonyl (C=O) groups excluding carboxylic acids is 1. The van der Waals surface area contributed by atoms with Crippen molar-refractivity contribution in [3.63, 3.8) is 0 Å². The summed E-state index contributed by atoms with van der Waals surface area (Å²) < 4.78 is 32.4. The Morgan fingerprint density at radius 2 is 1.93 bits per heavy atom. The number of hydrogen-bond acceptors (Lipinski definition) is 5. The molecule has 2 aromatic heterocycles. The van der Waals surface area contributed by atoms with Gasteiger partial charge in [-0.15, -0.1) is 0 Å². The van der Waals surface area contributed by atoms with Gasteiger partial charge in [0.2, 0.25) is 10.0 Å². The molecule has 0 fully saturated rings. The zero-order valence-electron chi connectivity index (χ0n) is 17.2. The SMILES string of the molecule is CCc1cn(C(=O)OC(C)(C)C)c2ncc(-c3cccc(NS(C)(=O)=O)c3)cc12. The van der Waals surface area contributed by atoms with Crippen molar-refractivity contribution < 1.29 is 17.9 Å². The number of pyridine rings is 1. The molecule has 0 aliphatic rings. The summed E-state index contributed by atoms with van der Waals surface area (Å²) in [6.45, 7) is 7.47. The van der Waals surface area contributed by atoms with E-state index in [1.807, 2.05) is 39.8 Å². The quantitative estimate of drug-likeness (QED) is 0.681. The Bertz CT molecular complexity index is 1170. The molecule has 1 N–H and O–H groups in total. The monoisotopic (exact) mass is 415 g/mol. The molecule has 0 radical (unpaired) electrons. The number of aryl methyl sites for hydroxylation is 1. The van der Waals surface area contributed by atoms with E-state index in [0.717, 1.165) is 34.8 Å². The number of fused-ring (bicyclic) bond motifs is 1. The van der Waals surface area contributed by atoms with Gasteiger partial charge in [-0.1, -0.05) is 19.1 Å². The average Bonchev–Trinajstić information content (AvgIpc) is 2.97. The second kappa shape index (κ2) is 7.51. The molecule has 154 valence electrons. The average molecular weight is 416 g/mol. The molecule has 7 nitrogen and oxygen atoms in total. The Morgan fingerprint density at radius 1 is 1.21 bits per heavy atom. The summed E-state index contributed by atoms with van der Waals surface area (Å²) in [5.41, 5.74) is 3.03. The Labute approximate surface area is 170 Å². The Hall–Kier alpha value is -2.87. The minimum Gasteiger partial charge on any atom is -0.443 e. The third-order valence-electron chi connectivity index (χ3n) is 4.20. The molecule has 0 saturated carbocycles. The van der Waals surface area contributed by atoms with E-state index in [-0.39, 0.29) is 0 Å². The molecule has 0 aliphatic heterocycles. The topological polar surface area (TPSA) is 90.3 Å². The first-order valence-corrected chi connectivity index (χ1v) is 11.2. The first kappa shape index (κ1) is 20.9. The van der Waals surface area contributed by atoms with Crippen LogP contribution in [-0.4, -0.2) is 35.9 Å². The van der Waals surface area contributed by atoms with Crippen molar-refractivity contribution in [2.75, 3.05) is 11.0 Å². The molecule has 8 heteroatoms. The molecule has 2 heterocycles. The fraction of sp³-hybridized carbons (Fsp3) is 0.333. The molecule has 29 heavy (non-hydrogen) atoms. The molecule has 3 aromatic rings. The molecule has 3 rings (SSSR count). The van der Waals surface area contributed by atoms with Crippen LogP contribution in [0.3, 0.4) is 0 Å². The standard InChI is InChI=1S/C21H25N3O4S/c1-6-14-13-24(20(25)28-21(2,3)4)19-18(14)11-16(12-22-19)15-8-7-9-17(10-15)23-29(5,26)27/h7-13,23H,6H2,1-5H3. The van der Waals surface area contributed by atoms with Crippen molar-refractivity contribution in [3.8, 4) is 11.1 Å². The minimum absolute atomic E-state index is 0.471. The maximum Gasteiger partial charge on any atom is 0.420 e. The van der Waals surface area contributed by atoms with Crippen molar-refractivity contribution in [3.05, 3.63) is 48.3 Å². The molecule has 0 amide bonds. The number of ether oxygens (including phenoxy) is 1. The minimum atomic E-state index is -3.36. The fourth-order valence-corrected chi connectivity index (χ4v) is 3.59. The van der Waals surface area contributed by atoms with E-state index in [1.54, 1.807) is 30.6 Å². The third-order valence-corrected chi connectivity index (χ3v) is 4.80. The summed E-state index contributed by atoms with van der Waals surface area (Å²) in [5, 5.41) is 0.859. The Morgan fingerprint density at radius 3 is 2.55 bits per heavy atom. The largest absolute Gasteiger partial charge is 0.443 e. The lowest BCUT2D eigenvalue weighted by Gasteiger charge is -2.19. The van der Waals surface area contributed by atoms with Gasteiger partial charge in [0.15, 0.2) is 0 Å². The van der Waals surface area contributed by atoms with Crippen LogP contribution in [0, 0.1) is 0 Å². The van der Waals surface area contributed by atoms with Crippen molar-refractivity contribution in [2.24, 2.45) is 0 Å². The van der Waals surface area contributed by atoms with Gasteiger partial charge >= 0.3 is 6.09 Å². The third kappa shape index (κ3) is 4.95. The zero-order valence-corrected chi connectivity index (χ0v) is 18.0. The van der Waals surface area contributed by atoms with Crippen LogP contribution in [0.1, 0.15) is 33.3 Å². The molecule has 0 aliphatic carbocycles. The van der Waals surface area contributed by atoms with Crippen molar-refractivity contribution in [2.45, 2.75) is 39.7 Å². The summed E-state index contributed by atoms with van der Waals surface area (Å²) in [4.78, 5) is 17.1. The summed E-state index contributed by atoms with van der Waals surface area (Å²) in [7, 11) is -3.36. The Kier molecular flexibility index (Phi) is 5.40. The second-order valence-electron chi connectivity index (χ2n) is 7.91. The number of rotatable bonds is 4. The van der Waals surface area contributed by atoms with Crippen LogP contribution in [0.15, 0.2) is 42.7 Å². The van der Waals surface area contributed by atoms with E-state index in [0.29, 0.717) is 11.3 Å². The highest BCUT2D eigenvalue weighted by Crippen LogP contribution is 2.29. The van der Waals surface area contributed by atoms with Gasteiger partial charge < -0.3 is 4.74 Å². The number of hydrogen-bond donors (Lipinski definition) is 1. The van der Waals surface area contributed by atoms with Crippen molar-refractivity contribution in [1.29, 1.82) is 0 Å². The van der Waals surface area contributed by atoms with Gasteiger partial charge in [0, 0.05) is 29.0 Å². The molecular formula is C21H25N3O4S. The number of sulfonamides is 1. The van der Waals surface area contributed by atoms with Crippen LogP contribution < -0.4 is 4.72 Å². The van der Waals surface area contributed by atoms with Gasteiger partial charge in [-0.2, -0.15) is 0 Å². The highest BCUT2D eigenvalue weighted by atomic mass is 32.2. The van der Waals surface area contributed by atoms with Crippen LogP contribution >= 0.6 is 0 Å². The van der Waals surface area contributed by atoms with Gasteiger partial charge in [-0.05, 0) is 56.5 Å². The first-order chi connectivity index (χ1) is 13.5. The van der Waals surface area contributed by atoms with Crippen LogP contribution in [0.4, 0.5) is 10.5 Å². The van der Waals surface area contributed by atoms with E-state index < -0.39 is 21.7 Å². The highest BCUT2D eigenvalue weighted by molar-refractivity contribution is 7.92. The lowest BCUT2D eigenvalue weighted by molar-refractivity contribution is 0.0543. The molecule has 0 unspecified atom stereocenters. The fourth-order valence-electron chi connectivity index (χ4n) is 3.04. The van der Waals surface area contributed by atoms with E-state index in [2.05, 4.69) is 9.71 Å². The van der Waals surface area contributed by atoms with Gasteiger partial charge in [-0.3, -0.25) is 4.72 Å². The first-order valence-electron chi connectivity index (χ1n) is 9.28. The van der Waals surface area contributed by atoms with E-state index >= 15 is 0 Å². The molecule has 0 saturated heterocycles. The second-order valence-corrected chi connectivity index (χ2v) is 9.66. The van der Waals surface area contributed by atoms with Crippen molar-refractivity contribution in [1.82, 2.24) is 9.55 Å². The van der Waals surface area contributed by atoms with E-state index in [9.17, 15) is 13.2 Å².